The van der Waals surface area contributed by atoms with E-state index in [0.29, 0.717) is 25.3 Å². The fraction of sp³-hybridized carbons (Fsp3) is 0.625. The summed E-state index contributed by atoms with van der Waals surface area (Å²) in [6.07, 6.45) is 3.78. The van der Waals surface area contributed by atoms with E-state index in [9.17, 15) is 0 Å². The van der Waals surface area contributed by atoms with Crippen molar-refractivity contribution in [3.8, 4) is 11.5 Å². The normalized spacial score (nSPS) is 24.4. The standard InChI is InChI=1S/C16H24N2O2/c1-12(18-7-3-2-4-14(18)11-17)13-5-6-15-16(10-13)20-9-8-19-15/h5-6,10,12,14H,2-4,7-9,11,17H2,1H3. The van der Waals surface area contributed by atoms with Crippen molar-refractivity contribution in [2.75, 3.05) is 26.3 Å². The van der Waals surface area contributed by atoms with E-state index < -0.39 is 0 Å². The van der Waals surface area contributed by atoms with Crippen LogP contribution in [0.15, 0.2) is 18.2 Å². The number of ether oxygens (including phenoxy) is 2. The zero-order valence-electron chi connectivity index (χ0n) is 12.2. The second kappa shape index (κ2) is 6.02. The molecule has 1 aromatic carbocycles. The molecule has 3 rings (SSSR count). The van der Waals surface area contributed by atoms with Gasteiger partial charge in [0, 0.05) is 18.6 Å². The first kappa shape index (κ1) is 13.7. The Kier molecular flexibility index (Phi) is 4.13. The number of fused-ring (bicyclic) bond motifs is 1. The van der Waals surface area contributed by atoms with Crippen LogP contribution in [0.2, 0.25) is 0 Å². The van der Waals surface area contributed by atoms with E-state index in [4.69, 9.17) is 15.2 Å². The molecule has 0 radical (unpaired) electrons. The van der Waals surface area contributed by atoms with Crippen molar-refractivity contribution in [3.63, 3.8) is 0 Å². The molecule has 0 saturated carbocycles. The Bertz CT molecular complexity index is 464. The molecular weight excluding hydrogens is 252 g/mol. The molecule has 0 bridgehead atoms. The zero-order chi connectivity index (χ0) is 13.9. The summed E-state index contributed by atoms with van der Waals surface area (Å²) < 4.78 is 11.3. The molecule has 2 aliphatic heterocycles. The second-order valence-electron chi connectivity index (χ2n) is 5.70. The fourth-order valence-corrected chi connectivity index (χ4v) is 3.30. The largest absolute Gasteiger partial charge is 0.486 e. The Balaban J connectivity index is 1.80. The van der Waals surface area contributed by atoms with Gasteiger partial charge in [0.1, 0.15) is 13.2 Å². The minimum atomic E-state index is 0.375. The topological polar surface area (TPSA) is 47.7 Å². The maximum absolute atomic E-state index is 5.93. The molecule has 1 aromatic rings. The minimum absolute atomic E-state index is 0.375. The summed E-state index contributed by atoms with van der Waals surface area (Å²) in [6, 6.07) is 7.19. The molecule has 2 aliphatic rings. The van der Waals surface area contributed by atoms with Crippen molar-refractivity contribution < 1.29 is 9.47 Å². The summed E-state index contributed by atoms with van der Waals surface area (Å²) in [4.78, 5) is 2.54. The Labute approximate surface area is 120 Å². The smallest absolute Gasteiger partial charge is 0.161 e. The molecule has 4 nitrogen and oxygen atoms in total. The quantitative estimate of drug-likeness (QED) is 0.920. The average Bonchev–Trinajstić information content (AvgIpc) is 2.53. The first-order chi connectivity index (χ1) is 9.79. The predicted molar refractivity (Wildman–Crippen MR) is 79.2 cm³/mol. The van der Waals surface area contributed by atoms with Crippen LogP contribution < -0.4 is 15.2 Å². The lowest BCUT2D eigenvalue weighted by atomic mass is 9.97. The molecule has 2 N–H and O–H groups in total. The third-order valence-corrected chi connectivity index (χ3v) is 4.49. The van der Waals surface area contributed by atoms with Gasteiger partial charge in [-0.1, -0.05) is 12.5 Å². The van der Waals surface area contributed by atoms with Crippen molar-refractivity contribution >= 4 is 0 Å². The van der Waals surface area contributed by atoms with Gasteiger partial charge in [0.15, 0.2) is 11.5 Å². The third-order valence-electron chi connectivity index (χ3n) is 4.49. The van der Waals surface area contributed by atoms with Crippen molar-refractivity contribution in [1.29, 1.82) is 0 Å². The number of likely N-dealkylation sites (tertiary alicyclic amines) is 1. The zero-order valence-corrected chi connectivity index (χ0v) is 12.2. The molecular formula is C16H24N2O2. The van der Waals surface area contributed by atoms with Gasteiger partial charge in [-0.05, 0) is 44.0 Å². The van der Waals surface area contributed by atoms with Crippen LogP contribution >= 0.6 is 0 Å². The molecule has 1 saturated heterocycles. The summed E-state index contributed by atoms with van der Waals surface area (Å²) in [5.74, 6) is 1.74. The van der Waals surface area contributed by atoms with Crippen LogP contribution in [0.4, 0.5) is 0 Å². The van der Waals surface area contributed by atoms with Crippen molar-refractivity contribution in [2.45, 2.75) is 38.3 Å². The van der Waals surface area contributed by atoms with Crippen LogP contribution in [0.1, 0.15) is 37.8 Å². The summed E-state index contributed by atoms with van der Waals surface area (Å²) in [5.41, 5.74) is 7.22. The molecule has 0 spiro atoms. The maximum atomic E-state index is 5.93. The van der Waals surface area contributed by atoms with E-state index in [1.165, 1.54) is 24.8 Å². The molecule has 0 aliphatic carbocycles. The van der Waals surface area contributed by atoms with Gasteiger partial charge in [0.05, 0.1) is 0 Å². The van der Waals surface area contributed by atoms with E-state index >= 15 is 0 Å². The Morgan fingerprint density at radius 1 is 1.25 bits per heavy atom. The van der Waals surface area contributed by atoms with Crippen LogP contribution in [-0.4, -0.2) is 37.2 Å². The fourth-order valence-electron chi connectivity index (χ4n) is 3.30. The van der Waals surface area contributed by atoms with Crippen LogP contribution in [0, 0.1) is 0 Å². The van der Waals surface area contributed by atoms with Crippen LogP contribution in [0.5, 0.6) is 11.5 Å². The van der Waals surface area contributed by atoms with Gasteiger partial charge in [0.25, 0.3) is 0 Å². The summed E-state index contributed by atoms with van der Waals surface area (Å²) in [6.45, 7) is 5.43. The highest BCUT2D eigenvalue weighted by atomic mass is 16.6. The number of rotatable bonds is 3. The van der Waals surface area contributed by atoms with Gasteiger partial charge in [-0.15, -0.1) is 0 Å². The summed E-state index contributed by atoms with van der Waals surface area (Å²) in [5, 5.41) is 0. The highest BCUT2D eigenvalue weighted by molar-refractivity contribution is 5.44. The summed E-state index contributed by atoms with van der Waals surface area (Å²) in [7, 11) is 0. The minimum Gasteiger partial charge on any atom is -0.486 e. The number of hydrogen-bond donors (Lipinski definition) is 1. The van der Waals surface area contributed by atoms with Crippen molar-refractivity contribution in [3.05, 3.63) is 23.8 Å². The van der Waals surface area contributed by atoms with Crippen molar-refractivity contribution in [2.24, 2.45) is 5.73 Å². The van der Waals surface area contributed by atoms with Gasteiger partial charge in [-0.2, -0.15) is 0 Å². The Morgan fingerprint density at radius 2 is 2.05 bits per heavy atom. The number of nitrogens with zero attached hydrogens (tertiary/aromatic N) is 1. The van der Waals surface area contributed by atoms with Crippen LogP contribution in [0.25, 0.3) is 0 Å². The van der Waals surface area contributed by atoms with Gasteiger partial charge >= 0.3 is 0 Å². The Morgan fingerprint density at radius 3 is 2.85 bits per heavy atom. The number of nitrogens with two attached hydrogens (primary N) is 1. The van der Waals surface area contributed by atoms with E-state index in [1.54, 1.807) is 0 Å². The van der Waals surface area contributed by atoms with Gasteiger partial charge in [-0.3, -0.25) is 4.90 Å². The lowest BCUT2D eigenvalue weighted by molar-refractivity contribution is 0.107. The van der Waals surface area contributed by atoms with E-state index in [-0.39, 0.29) is 0 Å². The predicted octanol–water partition coefficient (Wildman–Crippen LogP) is 2.33. The van der Waals surface area contributed by atoms with Crippen LogP contribution in [-0.2, 0) is 0 Å². The Hall–Kier alpha value is -1.26. The molecule has 2 heterocycles. The SMILES string of the molecule is CC(c1ccc2c(c1)OCCO2)N1CCCCC1CN. The number of piperidine rings is 1. The second-order valence-corrected chi connectivity index (χ2v) is 5.70. The lowest BCUT2D eigenvalue weighted by Gasteiger charge is -2.39. The van der Waals surface area contributed by atoms with Gasteiger partial charge in [-0.25, -0.2) is 0 Å². The molecule has 4 heteroatoms. The van der Waals surface area contributed by atoms with Crippen molar-refractivity contribution in [1.82, 2.24) is 4.90 Å². The molecule has 0 amide bonds. The molecule has 0 aromatic heterocycles. The highest BCUT2D eigenvalue weighted by Gasteiger charge is 2.27. The highest BCUT2D eigenvalue weighted by Crippen LogP contribution is 2.35. The first-order valence-corrected chi connectivity index (χ1v) is 7.65. The van der Waals surface area contributed by atoms with E-state index in [2.05, 4.69) is 24.0 Å². The first-order valence-electron chi connectivity index (χ1n) is 7.65. The lowest BCUT2D eigenvalue weighted by Crippen LogP contribution is -2.45. The molecule has 2 atom stereocenters. The van der Waals surface area contributed by atoms with E-state index in [0.717, 1.165) is 24.6 Å². The van der Waals surface area contributed by atoms with Gasteiger partial charge in [0.2, 0.25) is 0 Å². The van der Waals surface area contributed by atoms with Gasteiger partial charge < -0.3 is 15.2 Å². The molecule has 1 fully saturated rings. The summed E-state index contributed by atoms with van der Waals surface area (Å²) >= 11 is 0. The molecule has 110 valence electrons. The molecule has 2 unspecified atom stereocenters. The number of benzene rings is 1. The third kappa shape index (κ3) is 2.63. The number of hydrogen-bond acceptors (Lipinski definition) is 4. The maximum Gasteiger partial charge on any atom is 0.161 e. The van der Waals surface area contributed by atoms with Crippen LogP contribution in [0.3, 0.4) is 0 Å². The van der Waals surface area contributed by atoms with E-state index in [1.807, 2.05) is 6.07 Å². The monoisotopic (exact) mass is 276 g/mol. The average molecular weight is 276 g/mol. The molecule has 20 heavy (non-hydrogen) atoms.